The number of rotatable bonds is 3. The Bertz CT molecular complexity index is 945. The highest BCUT2D eigenvalue weighted by Gasteiger charge is 2.32. The smallest absolute Gasteiger partial charge is 0.280 e. The van der Waals surface area contributed by atoms with Gasteiger partial charge in [-0.2, -0.15) is 0 Å². The van der Waals surface area contributed by atoms with Crippen LogP contribution in [0.2, 0.25) is 0 Å². The van der Waals surface area contributed by atoms with Gasteiger partial charge < -0.3 is 9.42 Å². The molecule has 2 aromatic heterocycles. The van der Waals surface area contributed by atoms with Gasteiger partial charge in [-0.1, -0.05) is 11.2 Å². The maximum atomic E-state index is 12.8. The van der Waals surface area contributed by atoms with Gasteiger partial charge in [0.05, 0.1) is 0 Å². The maximum absolute atomic E-state index is 12.8. The molecule has 0 N–H and O–H groups in total. The molecule has 0 radical (unpaired) electrons. The van der Waals surface area contributed by atoms with Gasteiger partial charge in [-0.25, -0.2) is 0 Å². The number of carbonyl (C=O) groups is 1. The van der Waals surface area contributed by atoms with E-state index < -0.39 is 0 Å². The van der Waals surface area contributed by atoms with Crippen molar-refractivity contribution in [3.05, 3.63) is 65.8 Å². The summed E-state index contributed by atoms with van der Waals surface area (Å²) in [5, 5.41) is 3.99. The van der Waals surface area contributed by atoms with E-state index in [2.05, 4.69) is 22.3 Å². The Hall–Kier alpha value is -2.95. The first-order valence-corrected chi connectivity index (χ1v) is 8.61. The lowest BCUT2D eigenvalue weighted by atomic mass is 10.0. The number of amides is 1. The van der Waals surface area contributed by atoms with Crippen molar-refractivity contribution >= 4 is 11.6 Å². The predicted molar refractivity (Wildman–Crippen MR) is 93.5 cm³/mol. The molecule has 25 heavy (non-hydrogen) atoms. The van der Waals surface area contributed by atoms with Gasteiger partial charge >= 0.3 is 0 Å². The third kappa shape index (κ3) is 2.52. The fourth-order valence-electron chi connectivity index (χ4n) is 3.43. The van der Waals surface area contributed by atoms with Crippen molar-refractivity contribution < 1.29 is 9.32 Å². The molecule has 1 amide bonds. The Morgan fingerprint density at radius 2 is 1.92 bits per heavy atom. The normalized spacial score (nSPS) is 16.1. The first-order valence-electron chi connectivity index (χ1n) is 8.61. The van der Waals surface area contributed by atoms with Gasteiger partial charge in [0, 0.05) is 36.6 Å². The van der Waals surface area contributed by atoms with Gasteiger partial charge in [-0.05, 0) is 60.2 Å². The molecular formula is C20H17N3O2. The molecule has 1 fully saturated rings. The summed E-state index contributed by atoms with van der Waals surface area (Å²) in [7, 11) is 0. The standard InChI is InChI=1S/C20H17N3O2/c24-20(17-12-19(25-22-17)14-1-2-14)23-10-7-16-11-15(3-4-18(16)23)13-5-8-21-9-6-13/h3-6,8-9,11-12,14H,1-2,7,10H2. The van der Waals surface area contributed by atoms with Gasteiger partial charge in [0.25, 0.3) is 5.91 Å². The number of fused-ring (bicyclic) bond motifs is 1. The fraction of sp³-hybridized carbons (Fsp3) is 0.250. The Labute approximate surface area is 145 Å². The van der Waals surface area contributed by atoms with E-state index in [1.807, 2.05) is 24.3 Å². The van der Waals surface area contributed by atoms with Crippen molar-refractivity contribution in [2.75, 3.05) is 11.4 Å². The Morgan fingerprint density at radius 1 is 1.08 bits per heavy atom. The average Bonchev–Trinajstić information content (AvgIpc) is 3.24. The average molecular weight is 331 g/mol. The molecule has 0 spiro atoms. The van der Waals surface area contributed by atoms with Crippen LogP contribution in [0.5, 0.6) is 0 Å². The molecule has 1 saturated carbocycles. The van der Waals surface area contributed by atoms with Crippen molar-refractivity contribution in [2.24, 2.45) is 0 Å². The molecule has 5 nitrogen and oxygen atoms in total. The molecule has 5 rings (SSSR count). The van der Waals surface area contributed by atoms with Gasteiger partial charge in [-0.3, -0.25) is 9.78 Å². The predicted octanol–water partition coefficient (Wildman–Crippen LogP) is 3.82. The monoisotopic (exact) mass is 331 g/mol. The molecule has 0 bridgehead atoms. The number of nitrogens with zero attached hydrogens (tertiary/aromatic N) is 3. The van der Waals surface area contributed by atoms with E-state index in [9.17, 15) is 4.79 Å². The van der Waals surface area contributed by atoms with Crippen LogP contribution < -0.4 is 4.90 Å². The highest BCUT2D eigenvalue weighted by atomic mass is 16.5. The second-order valence-electron chi connectivity index (χ2n) is 6.67. The minimum Gasteiger partial charge on any atom is -0.360 e. The van der Waals surface area contributed by atoms with Gasteiger partial charge in [0.2, 0.25) is 0 Å². The van der Waals surface area contributed by atoms with E-state index in [0.717, 1.165) is 41.8 Å². The molecule has 2 aliphatic rings. The van der Waals surface area contributed by atoms with Crippen molar-refractivity contribution in [1.29, 1.82) is 0 Å². The maximum Gasteiger partial charge on any atom is 0.280 e. The second-order valence-corrected chi connectivity index (χ2v) is 6.67. The van der Waals surface area contributed by atoms with E-state index in [-0.39, 0.29) is 5.91 Å². The van der Waals surface area contributed by atoms with Crippen LogP contribution in [0.25, 0.3) is 11.1 Å². The molecule has 0 saturated heterocycles. The van der Waals surface area contributed by atoms with E-state index >= 15 is 0 Å². The number of hydrogen-bond acceptors (Lipinski definition) is 4. The van der Waals surface area contributed by atoms with Crippen molar-refractivity contribution in [1.82, 2.24) is 10.1 Å². The lowest BCUT2D eigenvalue weighted by Gasteiger charge is -2.16. The summed E-state index contributed by atoms with van der Waals surface area (Å²) in [4.78, 5) is 18.7. The van der Waals surface area contributed by atoms with E-state index in [1.165, 1.54) is 5.56 Å². The Morgan fingerprint density at radius 3 is 2.72 bits per heavy atom. The number of anilines is 1. The SMILES string of the molecule is O=C(c1cc(C2CC2)on1)N1CCc2cc(-c3ccncc3)ccc21. The van der Waals surface area contributed by atoms with E-state index in [0.29, 0.717) is 18.2 Å². The van der Waals surface area contributed by atoms with Crippen molar-refractivity contribution in [3.63, 3.8) is 0 Å². The molecule has 0 unspecified atom stereocenters. The van der Waals surface area contributed by atoms with Crippen LogP contribution >= 0.6 is 0 Å². The minimum absolute atomic E-state index is 0.0777. The summed E-state index contributed by atoms with van der Waals surface area (Å²) in [6, 6.07) is 12.0. The number of carbonyl (C=O) groups excluding carboxylic acids is 1. The Balaban J connectivity index is 1.43. The van der Waals surface area contributed by atoms with Crippen LogP contribution in [0.15, 0.2) is 53.3 Å². The fourth-order valence-corrected chi connectivity index (χ4v) is 3.43. The molecule has 1 aliphatic heterocycles. The molecule has 3 aromatic rings. The van der Waals surface area contributed by atoms with E-state index in [1.54, 1.807) is 17.3 Å². The summed E-state index contributed by atoms with van der Waals surface area (Å²) in [6.07, 6.45) is 6.70. The zero-order valence-electron chi connectivity index (χ0n) is 13.7. The first kappa shape index (κ1) is 14.4. The van der Waals surface area contributed by atoms with Gasteiger partial charge in [0.15, 0.2) is 5.69 Å². The molecule has 1 aliphatic carbocycles. The topological polar surface area (TPSA) is 59.2 Å². The number of benzene rings is 1. The molecular weight excluding hydrogens is 314 g/mol. The van der Waals surface area contributed by atoms with Crippen LogP contribution in [0.3, 0.4) is 0 Å². The quantitative estimate of drug-likeness (QED) is 0.732. The largest absolute Gasteiger partial charge is 0.360 e. The van der Waals surface area contributed by atoms with Crippen molar-refractivity contribution in [2.45, 2.75) is 25.2 Å². The molecule has 1 aromatic carbocycles. The first-order chi connectivity index (χ1) is 12.3. The minimum atomic E-state index is -0.0777. The highest BCUT2D eigenvalue weighted by Crippen LogP contribution is 2.40. The lowest BCUT2D eigenvalue weighted by Crippen LogP contribution is -2.29. The molecule has 0 atom stereocenters. The van der Waals surface area contributed by atoms with Crippen molar-refractivity contribution in [3.8, 4) is 11.1 Å². The number of aromatic nitrogens is 2. The molecule has 5 heteroatoms. The third-order valence-corrected chi connectivity index (χ3v) is 4.96. The van der Waals surface area contributed by atoms with Crippen LogP contribution in [0.4, 0.5) is 5.69 Å². The van der Waals surface area contributed by atoms with Crippen LogP contribution in [-0.4, -0.2) is 22.6 Å². The number of hydrogen-bond donors (Lipinski definition) is 0. The van der Waals surface area contributed by atoms with E-state index in [4.69, 9.17) is 4.52 Å². The number of pyridine rings is 1. The zero-order chi connectivity index (χ0) is 16.8. The summed E-state index contributed by atoms with van der Waals surface area (Å²) in [6.45, 7) is 0.680. The summed E-state index contributed by atoms with van der Waals surface area (Å²) in [5.74, 6) is 1.23. The van der Waals surface area contributed by atoms with Crippen LogP contribution in [0, 0.1) is 0 Å². The summed E-state index contributed by atoms with van der Waals surface area (Å²) >= 11 is 0. The Kier molecular flexibility index (Phi) is 3.20. The molecule has 124 valence electrons. The summed E-state index contributed by atoms with van der Waals surface area (Å²) in [5.41, 5.74) is 4.85. The van der Waals surface area contributed by atoms with Gasteiger partial charge in [0.1, 0.15) is 5.76 Å². The second kappa shape index (κ2) is 5.55. The summed E-state index contributed by atoms with van der Waals surface area (Å²) < 4.78 is 5.33. The third-order valence-electron chi connectivity index (χ3n) is 4.96. The zero-order valence-corrected chi connectivity index (χ0v) is 13.7. The van der Waals surface area contributed by atoms with Crippen LogP contribution in [-0.2, 0) is 6.42 Å². The van der Waals surface area contributed by atoms with Gasteiger partial charge in [-0.15, -0.1) is 0 Å². The molecule has 3 heterocycles. The highest BCUT2D eigenvalue weighted by molar-refractivity contribution is 6.06. The lowest BCUT2D eigenvalue weighted by molar-refractivity contribution is 0.0980. The van der Waals surface area contributed by atoms with Crippen LogP contribution in [0.1, 0.15) is 40.6 Å².